The Kier molecular flexibility index (Phi) is 6.62. The number of nitrogens with two attached hydrogens (primary N) is 1. The van der Waals surface area contributed by atoms with Gasteiger partial charge in [-0.1, -0.05) is 6.07 Å². The first kappa shape index (κ1) is 27.6. The van der Waals surface area contributed by atoms with Crippen LogP contribution in [0.15, 0.2) is 36.7 Å². The fraction of sp³-hybridized carbons (Fsp3) is 0.448. The van der Waals surface area contributed by atoms with Crippen LogP contribution in [-0.4, -0.2) is 84.0 Å². The smallest absolute Gasteiger partial charge is 0.235 e. The van der Waals surface area contributed by atoms with Gasteiger partial charge in [0, 0.05) is 37.8 Å². The Morgan fingerprint density at radius 2 is 1.73 bits per heavy atom. The summed E-state index contributed by atoms with van der Waals surface area (Å²) >= 11 is 0. The topological polar surface area (TPSA) is 162 Å². The van der Waals surface area contributed by atoms with E-state index in [0.29, 0.717) is 16.8 Å². The van der Waals surface area contributed by atoms with Crippen LogP contribution in [0.1, 0.15) is 27.9 Å². The van der Waals surface area contributed by atoms with E-state index in [1.54, 1.807) is 14.1 Å². The molecule has 40 heavy (non-hydrogen) atoms. The highest BCUT2D eigenvalue weighted by atomic mass is 16.3. The van der Waals surface area contributed by atoms with Gasteiger partial charge in [-0.05, 0) is 44.5 Å². The largest absolute Gasteiger partial charge is 0.507 e. The number of hydrogen-bond donors (Lipinski definition) is 3. The van der Waals surface area contributed by atoms with Crippen LogP contribution in [-0.2, 0) is 32.1 Å². The summed E-state index contributed by atoms with van der Waals surface area (Å²) in [5.74, 6) is -10.5. The van der Waals surface area contributed by atoms with Crippen molar-refractivity contribution in [3.8, 4) is 5.75 Å². The monoisotopic (exact) mass is 549 g/mol. The molecular formula is C29H33N4O7+. The van der Waals surface area contributed by atoms with Gasteiger partial charge in [-0.25, -0.2) is 4.57 Å². The van der Waals surface area contributed by atoms with Gasteiger partial charge >= 0.3 is 0 Å². The number of anilines is 1. The average Bonchev–Trinajstić information content (AvgIpc) is 2.87. The third-order valence-electron chi connectivity index (χ3n) is 8.73. The Hall–Kier alpha value is -3.96. The van der Waals surface area contributed by atoms with Gasteiger partial charge < -0.3 is 20.8 Å². The fourth-order valence-electron chi connectivity index (χ4n) is 6.96. The lowest BCUT2D eigenvalue weighted by atomic mass is 9.52. The van der Waals surface area contributed by atoms with E-state index in [0.717, 1.165) is 0 Å². The quantitative estimate of drug-likeness (QED) is 0.322. The maximum absolute atomic E-state index is 14.1. The van der Waals surface area contributed by atoms with Crippen molar-refractivity contribution in [2.75, 3.05) is 33.1 Å². The summed E-state index contributed by atoms with van der Waals surface area (Å²) in [6.07, 6.45) is 3.86. The molecule has 3 aliphatic carbocycles. The molecule has 0 spiro atoms. The van der Waals surface area contributed by atoms with Crippen LogP contribution in [0.4, 0.5) is 5.69 Å². The molecular weight excluding hydrogens is 516 g/mol. The van der Waals surface area contributed by atoms with Gasteiger partial charge in [-0.15, -0.1) is 0 Å². The highest BCUT2D eigenvalue weighted by Gasteiger charge is 2.69. The van der Waals surface area contributed by atoms with E-state index in [4.69, 9.17) is 5.73 Å². The molecule has 4 N–H and O–H groups in total. The number of Topliss-reactive ketones (excluding diaryl/α,β-unsaturated/α-hetero) is 4. The van der Waals surface area contributed by atoms with E-state index in [1.807, 2.05) is 60.2 Å². The van der Waals surface area contributed by atoms with E-state index < -0.39 is 64.4 Å². The second kappa shape index (κ2) is 9.60. The Labute approximate surface area is 231 Å². The normalized spacial score (nSPS) is 29.6. The lowest BCUT2D eigenvalue weighted by molar-refractivity contribution is -0.688. The third-order valence-corrected chi connectivity index (χ3v) is 8.73. The van der Waals surface area contributed by atoms with E-state index >= 15 is 0 Å². The first-order valence-corrected chi connectivity index (χ1v) is 13.1. The number of aromatic hydroxyl groups is 1. The van der Waals surface area contributed by atoms with Crippen molar-refractivity contribution < 1.29 is 38.8 Å². The van der Waals surface area contributed by atoms with Gasteiger partial charge in [0.05, 0.1) is 23.1 Å². The number of carbonyl (C=O) groups excluding carboxylic acids is 5. The summed E-state index contributed by atoms with van der Waals surface area (Å²) in [5, 5.41) is 23.1. The first-order chi connectivity index (χ1) is 18.8. The molecule has 11 nitrogen and oxygen atoms in total. The molecule has 1 heterocycles. The average molecular weight is 550 g/mol. The fourth-order valence-corrected chi connectivity index (χ4v) is 6.96. The minimum Gasteiger partial charge on any atom is -0.507 e. The predicted molar refractivity (Wildman–Crippen MR) is 141 cm³/mol. The predicted octanol–water partition coefficient (Wildman–Crippen LogP) is -0.731. The number of benzene rings is 1. The molecule has 0 saturated heterocycles. The summed E-state index contributed by atoms with van der Waals surface area (Å²) in [6.45, 7) is 0.257. The van der Waals surface area contributed by atoms with Crippen LogP contribution in [0.5, 0.6) is 5.75 Å². The minimum absolute atomic E-state index is 0.00988. The molecule has 3 unspecified atom stereocenters. The lowest BCUT2D eigenvalue weighted by Gasteiger charge is -2.52. The van der Waals surface area contributed by atoms with Gasteiger partial charge in [0.1, 0.15) is 5.75 Å². The molecule has 2 fully saturated rings. The molecule has 0 bridgehead atoms. The molecule has 2 saturated carbocycles. The summed E-state index contributed by atoms with van der Waals surface area (Å²) < 4.78 is 1.83. The highest BCUT2D eigenvalue weighted by Crippen LogP contribution is 2.52. The Morgan fingerprint density at radius 1 is 1.07 bits per heavy atom. The van der Waals surface area contributed by atoms with E-state index in [-0.39, 0.29) is 30.7 Å². The number of amides is 1. The number of aromatic nitrogens is 1. The van der Waals surface area contributed by atoms with Crippen molar-refractivity contribution in [2.24, 2.45) is 29.4 Å². The molecule has 210 valence electrons. The molecule has 5 rings (SSSR count). The second-order valence-corrected chi connectivity index (χ2v) is 11.5. The molecule has 6 atom stereocenters. The van der Waals surface area contributed by atoms with Crippen LogP contribution in [0.25, 0.3) is 0 Å². The first-order valence-electron chi connectivity index (χ1n) is 13.1. The summed E-state index contributed by atoms with van der Waals surface area (Å²) in [6, 6.07) is 6.21. The van der Waals surface area contributed by atoms with Crippen molar-refractivity contribution in [1.29, 1.82) is 0 Å². The van der Waals surface area contributed by atoms with Crippen molar-refractivity contribution in [3.63, 3.8) is 0 Å². The Bertz CT molecular complexity index is 1450. The van der Waals surface area contributed by atoms with Crippen LogP contribution >= 0.6 is 0 Å². The van der Waals surface area contributed by atoms with Crippen LogP contribution in [0.3, 0.4) is 0 Å². The SMILES string of the molecule is CN(C)c1cc(C[n+]2ccccc2)c(O)c2c1C[C@H]1C[C@H]3C(N(C)C)C(=O)C(C(N)=O)C(=O)[C@@]3(O)C(=O)C1C2=O. The zero-order valence-electron chi connectivity index (χ0n) is 22.8. The minimum atomic E-state index is -2.74. The number of fused-ring (bicyclic) bond motifs is 3. The molecule has 2 aromatic rings. The van der Waals surface area contributed by atoms with Gasteiger partial charge in [-0.3, -0.25) is 28.9 Å². The number of hydrogen-bond acceptors (Lipinski definition) is 9. The summed E-state index contributed by atoms with van der Waals surface area (Å²) in [4.78, 5) is 70.2. The Balaban J connectivity index is 1.65. The zero-order chi connectivity index (χ0) is 29.3. The third kappa shape index (κ3) is 3.87. The number of primary amides is 1. The molecule has 11 heteroatoms. The zero-order valence-corrected chi connectivity index (χ0v) is 22.8. The van der Waals surface area contributed by atoms with Crippen molar-refractivity contribution >= 4 is 34.7 Å². The molecule has 1 aromatic carbocycles. The van der Waals surface area contributed by atoms with Crippen LogP contribution in [0, 0.1) is 23.7 Å². The standard InChI is InChI=1S/C29H32N4O7/c1-31(2)18-12-15(13-33-8-6-5-7-9-33)23(34)20-16(18)10-14-11-17-22(32(3)4)25(36)21(28(30)39)27(38)29(17,40)26(37)19(14)24(20)35/h5-9,12,14,17,19,21-22,40H,10-11,13H2,1-4H3,(H2-,30,34,35,39)/p+1/t14-,17-,19?,21?,22?,29-/m0/s1. The number of phenols is 1. The second-order valence-electron chi connectivity index (χ2n) is 11.5. The summed E-state index contributed by atoms with van der Waals surface area (Å²) in [5.41, 5.74) is 4.36. The number of ketones is 4. The number of rotatable bonds is 5. The van der Waals surface area contributed by atoms with Gasteiger partial charge in [0.25, 0.3) is 0 Å². The molecule has 1 aromatic heterocycles. The van der Waals surface area contributed by atoms with Crippen molar-refractivity contribution in [2.45, 2.75) is 31.0 Å². The number of aliphatic hydroxyl groups is 1. The number of carbonyl (C=O) groups is 5. The molecule has 0 aliphatic heterocycles. The summed E-state index contributed by atoms with van der Waals surface area (Å²) in [7, 11) is 6.75. The van der Waals surface area contributed by atoms with Crippen LogP contribution in [0.2, 0.25) is 0 Å². The van der Waals surface area contributed by atoms with E-state index in [2.05, 4.69) is 0 Å². The van der Waals surface area contributed by atoms with Gasteiger partial charge in [0.15, 0.2) is 53.6 Å². The van der Waals surface area contributed by atoms with Crippen molar-refractivity contribution in [1.82, 2.24) is 4.90 Å². The maximum Gasteiger partial charge on any atom is 0.235 e. The van der Waals surface area contributed by atoms with E-state index in [9.17, 15) is 34.2 Å². The maximum atomic E-state index is 14.1. The molecule has 3 aliphatic rings. The number of pyridine rings is 1. The van der Waals surface area contributed by atoms with Crippen molar-refractivity contribution in [3.05, 3.63) is 53.3 Å². The van der Waals surface area contributed by atoms with E-state index in [1.165, 1.54) is 4.90 Å². The Morgan fingerprint density at radius 3 is 2.30 bits per heavy atom. The highest BCUT2D eigenvalue weighted by molar-refractivity contribution is 6.32. The van der Waals surface area contributed by atoms with Gasteiger partial charge in [0.2, 0.25) is 5.91 Å². The van der Waals surface area contributed by atoms with Crippen LogP contribution < -0.4 is 15.2 Å². The lowest BCUT2D eigenvalue weighted by Crippen LogP contribution is -2.74. The number of nitrogens with zero attached hydrogens (tertiary/aromatic N) is 3. The number of likely N-dealkylation sites (N-methyl/N-ethyl adjacent to an activating group) is 1. The molecule has 1 amide bonds. The molecule has 0 radical (unpaired) electrons. The van der Waals surface area contributed by atoms with Gasteiger partial charge in [-0.2, -0.15) is 0 Å². The number of phenolic OH excluding ortho intramolecular Hbond substituents is 1.